The lowest BCUT2D eigenvalue weighted by Crippen LogP contribution is -2.35. The van der Waals surface area contributed by atoms with Crippen molar-refractivity contribution in [2.45, 2.75) is 89.9 Å². The third kappa shape index (κ3) is 4.40. The van der Waals surface area contributed by atoms with Crippen molar-refractivity contribution < 1.29 is 15.3 Å². The zero-order valence-electron chi connectivity index (χ0n) is 18.8. The number of rotatable bonds is 5. The fourth-order valence-corrected chi connectivity index (χ4v) is 6.63. The Morgan fingerprint density at radius 1 is 1.10 bits per heavy atom. The van der Waals surface area contributed by atoms with Crippen molar-refractivity contribution in [2.24, 2.45) is 29.1 Å². The van der Waals surface area contributed by atoms with Gasteiger partial charge >= 0.3 is 0 Å². The summed E-state index contributed by atoms with van der Waals surface area (Å²) in [5, 5.41) is 30.4. The van der Waals surface area contributed by atoms with Crippen LogP contribution in [0.2, 0.25) is 0 Å². The minimum atomic E-state index is -0.621. The summed E-state index contributed by atoms with van der Waals surface area (Å²) in [6.07, 6.45) is 16.9. The molecule has 3 nitrogen and oxygen atoms in total. The fraction of sp³-hybridized carbons (Fsp3) is 0.704. The van der Waals surface area contributed by atoms with E-state index in [1.54, 1.807) is 0 Å². The van der Waals surface area contributed by atoms with E-state index in [9.17, 15) is 15.3 Å². The first-order chi connectivity index (χ1) is 14.3. The van der Waals surface area contributed by atoms with Gasteiger partial charge in [-0.3, -0.25) is 0 Å². The molecule has 3 unspecified atom stereocenters. The normalized spacial score (nSPS) is 42.1. The van der Waals surface area contributed by atoms with Crippen molar-refractivity contribution in [3.63, 3.8) is 0 Å². The second-order valence-corrected chi connectivity index (χ2v) is 10.7. The van der Waals surface area contributed by atoms with Crippen LogP contribution in [-0.4, -0.2) is 33.6 Å². The van der Waals surface area contributed by atoms with Crippen LogP contribution in [0.1, 0.15) is 71.6 Å². The first kappa shape index (κ1) is 22.0. The maximum atomic E-state index is 10.2. The van der Waals surface area contributed by atoms with Gasteiger partial charge in [0.05, 0.1) is 18.3 Å². The van der Waals surface area contributed by atoms with Gasteiger partial charge in [-0.1, -0.05) is 50.3 Å². The van der Waals surface area contributed by atoms with E-state index >= 15 is 0 Å². The fourth-order valence-electron chi connectivity index (χ4n) is 6.63. The Balaban J connectivity index is 1.48. The Hall–Kier alpha value is -1.16. The van der Waals surface area contributed by atoms with Crippen LogP contribution in [0.25, 0.3) is 0 Å². The Labute approximate surface area is 182 Å². The second kappa shape index (κ2) is 8.76. The molecule has 4 fully saturated rings. The Kier molecular flexibility index (Phi) is 6.44. The van der Waals surface area contributed by atoms with Crippen LogP contribution in [0.3, 0.4) is 0 Å². The number of allylic oxidation sites excluding steroid dienone is 4. The van der Waals surface area contributed by atoms with Gasteiger partial charge in [0.15, 0.2) is 0 Å². The van der Waals surface area contributed by atoms with Gasteiger partial charge in [0.1, 0.15) is 0 Å². The smallest absolute Gasteiger partial charge is 0.0811 e. The second-order valence-electron chi connectivity index (χ2n) is 10.7. The number of aliphatic hydroxyl groups excluding tert-OH is 3. The number of aliphatic hydroxyl groups is 3. The Morgan fingerprint density at radius 2 is 1.87 bits per heavy atom. The van der Waals surface area contributed by atoms with Gasteiger partial charge in [-0.25, -0.2) is 0 Å². The van der Waals surface area contributed by atoms with Gasteiger partial charge in [-0.15, -0.1) is 0 Å². The molecular weight excluding hydrogens is 372 g/mol. The molecule has 0 aromatic heterocycles. The third-order valence-corrected chi connectivity index (χ3v) is 8.65. The Bertz CT molecular complexity index is 743. The molecule has 4 aliphatic carbocycles. The molecule has 0 aliphatic heterocycles. The molecule has 0 aromatic carbocycles. The molecule has 4 aliphatic rings. The average molecular weight is 413 g/mol. The van der Waals surface area contributed by atoms with E-state index in [1.807, 2.05) is 0 Å². The van der Waals surface area contributed by atoms with Crippen molar-refractivity contribution in [2.75, 3.05) is 0 Å². The summed E-state index contributed by atoms with van der Waals surface area (Å²) in [5.74, 6) is 2.28. The van der Waals surface area contributed by atoms with Crippen LogP contribution in [0.5, 0.6) is 0 Å². The lowest BCUT2D eigenvalue weighted by Gasteiger charge is -2.44. The summed E-state index contributed by atoms with van der Waals surface area (Å²) in [4.78, 5) is 0. The quantitative estimate of drug-likeness (QED) is 0.551. The summed E-state index contributed by atoms with van der Waals surface area (Å²) in [6.45, 7) is 8.88. The van der Waals surface area contributed by atoms with Gasteiger partial charge in [-0.05, 0) is 91.6 Å². The minimum Gasteiger partial charge on any atom is -0.393 e. The molecule has 0 heterocycles. The SMILES string of the molecule is C=C1C(=CC=C2CCC[C@]3(C)[C@@H]([C@H](C)C=CC(O)C4CC4)CC[C@@H]23)CC(O)CC1O. The zero-order chi connectivity index (χ0) is 21.5. The van der Waals surface area contributed by atoms with Crippen LogP contribution in [0.4, 0.5) is 0 Å². The molecule has 7 atom stereocenters. The predicted octanol–water partition coefficient (Wildman–Crippen LogP) is 5.09. The lowest BCUT2D eigenvalue weighted by atomic mass is 9.61. The highest BCUT2D eigenvalue weighted by Crippen LogP contribution is 2.59. The maximum absolute atomic E-state index is 10.2. The van der Waals surface area contributed by atoms with Crippen LogP contribution in [-0.2, 0) is 0 Å². The van der Waals surface area contributed by atoms with Crippen LogP contribution >= 0.6 is 0 Å². The van der Waals surface area contributed by atoms with Crippen molar-refractivity contribution in [1.82, 2.24) is 0 Å². The molecule has 166 valence electrons. The first-order valence-corrected chi connectivity index (χ1v) is 12.1. The summed E-state index contributed by atoms with van der Waals surface area (Å²) >= 11 is 0. The van der Waals surface area contributed by atoms with Gasteiger partial charge in [0, 0.05) is 6.42 Å². The summed E-state index contributed by atoms with van der Waals surface area (Å²) in [6, 6.07) is 0. The highest BCUT2D eigenvalue weighted by molar-refractivity contribution is 5.38. The van der Waals surface area contributed by atoms with Crippen LogP contribution in [0, 0.1) is 29.1 Å². The van der Waals surface area contributed by atoms with E-state index in [1.165, 1.54) is 44.1 Å². The highest BCUT2D eigenvalue weighted by Gasteiger charge is 2.50. The number of hydrogen-bond donors (Lipinski definition) is 3. The van der Waals surface area contributed by atoms with Gasteiger partial charge in [0.25, 0.3) is 0 Å². The van der Waals surface area contributed by atoms with Gasteiger partial charge in [-0.2, -0.15) is 0 Å². The van der Waals surface area contributed by atoms with Gasteiger partial charge in [0.2, 0.25) is 0 Å². The van der Waals surface area contributed by atoms with Gasteiger partial charge < -0.3 is 15.3 Å². The topological polar surface area (TPSA) is 60.7 Å². The average Bonchev–Trinajstić information content (AvgIpc) is 3.49. The maximum Gasteiger partial charge on any atom is 0.0811 e. The van der Waals surface area contributed by atoms with E-state index in [2.05, 4.69) is 44.7 Å². The summed E-state index contributed by atoms with van der Waals surface area (Å²) < 4.78 is 0. The van der Waals surface area contributed by atoms with E-state index in [-0.39, 0.29) is 6.10 Å². The molecule has 0 bridgehead atoms. The third-order valence-electron chi connectivity index (χ3n) is 8.65. The summed E-state index contributed by atoms with van der Waals surface area (Å²) in [5.41, 5.74) is 3.63. The molecule has 4 saturated carbocycles. The lowest BCUT2D eigenvalue weighted by molar-refractivity contribution is 0.0862. The Morgan fingerprint density at radius 3 is 2.60 bits per heavy atom. The van der Waals surface area contributed by atoms with E-state index in [0.29, 0.717) is 41.9 Å². The number of fused-ring (bicyclic) bond motifs is 1. The minimum absolute atomic E-state index is 0.250. The molecule has 0 radical (unpaired) electrons. The van der Waals surface area contributed by atoms with E-state index in [0.717, 1.165) is 17.6 Å². The first-order valence-electron chi connectivity index (χ1n) is 12.1. The van der Waals surface area contributed by atoms with Crippen molar-refractivity contribution >= 4 is 0 Å². The molecule has 0 aromatic rings. The molecule has 0 amide bonds. The molecule has 30 heavy (non-hydrogen) atoms. The van der Waals surface area contributed by atoms with Crippen molar-refractivity contribution in [1.29, 1.82) is 0 Å². The monoisotopic (exact) mass is 412 g/mol. The molecule has 4 rings (SSSR count). The zero-order valence-corrected chi connectivity index (χ0v) is 18.8. The van der Waals surface area contributed by atoms with Crippen LogP contribution in [0.15, 0.2) is 47.6 Å². The van der Waals surface area contributed by atoms with Crippen molar-refractivity contribution in [3.8, 4) is 0 Å². The standard InChI is InChI=1S/C27H40O3/c1-17(6-13-25(29)20-8-9-20)23-11-12-24-19(5-4-14-27(23,24)3)7-10-21-15-22(28)16-26(30)18(21)2/h6-7,10,13,17,20,22-26,28-30H,2,4-5,8-9,11-12,14-16H2,1,3H3/t17-,22?,23-,24+,25?,26?,27-/m1/s1. The van der Waals surface area contributed by atoms with E-state index < -0.39 is 12.2 Å². The van der Waals surface area contributed by atoms with Crippen molar-refractivity contribution in [3.05, 3.63) is 47.6 Å². The molecular formula is C27H40O3. The largest absolute Gasteiger partial charge is 0.393 e. The molecule has 0 saturated heterocycles. The predicted molar refractivity (Wildman–Crippen MR) is 122 cm³/mol. The van der Waals surface area contributed by atoms with Crippen LogP contribution < -0.4 is 0 Å². The summed E-state index contributed by atoms with van der Waals surface area (Å²) in [7, 11) is 0. The number of hydrogen-bond acceptors (Lipinski definition) is 3. The molecule has 3 N–H and O–H groups in total. The molecule has 3 heteroatoms. The molecule has 0 spiro atoms. The van der Waals surface area contributed by atoms with E-state index in [4.69, 9.17) is 0 Å². The highest BCUT2D eigenvalue weighted by atomic mass is 16.3.